The van der Waals surface area contributed by atoms with Gasteiger partial charge < -0.3 is 9.15 Å². The highest BCUT2D eigenvalue weighted by atomic mass is 16.5. The van der Waals surface area contributed by atoms with E-state index in [-0.39, 0.29) is 12.5 Å². The van der Waals surface area contributed by atoms with Crippen LogP contribution in [0.25, 0.3) is 0 Å². The molecule has 0 aliphatic heterocycles. The van der Waals surface area contributed by atoms with Crippen molar-refractivity contribution in [3.63, 3.8) is 0 Å². The van der Waals surface area contributed by atoms with Crippen LogP contribution in [-0.4, -0.2) is 5.91 Å². The van der Waals surface area contributed by atoms with E-state index in [1.165, 1.54) is 5.56 Å². The molecule has 1 aromatic heterocycles. The number of carbonyl (C=O) groups is 1. The number of hydrogen-bond donors (Lipinski definition) is 2. The largest absolute Gasteiger partial charge is 0.486 e. The molecule has 2 rings (SSSR count). The van der Waals surface area contributed by atoms with Crippen LogP contribution in [0, 0.1) is 6.92 Å². The number of carbonyl (C=O) groups excluding carboxylic acids is 1. The summed E-state index contributed by atoms with van der Waals surface area (Å²) >= 11 is 0. The van der Waals surface area contributed by atoms with Crippen LogP contribution in [-0.2, 0) is 6.61 Å². The lowest BCUT2D eigenvalue weighted by atomic mass is 10.0. The number of aryl methyl sites for hydroxylation is 1. The van der Waals surface area contributed by atoms with Crippen molar-refractivity contribution in [3.05, 3.63) is 53.0 Å². The Morgan fingerprint density at radius 3 is 2.81 bits per heavy atom. The first-order valence-corrected chi connectivity index (χ1v) is 6.84. The molecule has 0 atom stereocenters. The molecule has 1 amide bonds. The third-order valence-electron chi connectivity index (χ3n) is 3.25. The van der Waals surface area contributed by atoms with Crippen molar-refractivity contribution in [2.75, 3.05) is 0 Å². The average Bonchev–Trinajstić information content (AvgIpc) is 2.85. The van der Waals surface area contributed by atoms with E-state index in [9.17, 15) is 4.79 Å². The predicted octanol–water partition coefficient (Wildman–Crippen LogP) is 2.89. The Kier molecular flexibility index (Phi) is 4.65. The quantitative estimate of drug-likeness (QED) is 0.504. The molecule has 1 heterocycles. The molecular formula is C16H20N2O3. The van der Waals surface area contributed by atoms with E-state index in [1.807, 2.05) is 18.2 Å². The zero-order valence-corrected chi connectivity index (χ0v) is 12.5. The highest BCUT2D eigenvalue weighted by Gasteiger charge is 2.14. The van der Waals surface area contributed by atoms with Crippen LogP contribution in [0.3, 0.4) is 0 Å². The Bertz CT molecular complexity index is 632. The minimum absolute atomic E-state index is 0.264. The van der Waals surface area contributed by atoms with Gasteiger partial charge in [0.05, 0.1) is 5.56 Å². The molecule has 0 spiro atoms. The molecule has 0 bridgehead atoms. The monoisotopic (exact) mass is 288 g/mol. The molecule has 0 unspecified atom stereocenters. The highest BCUT2D eigenvalue weighted by Crippen LogP contribution is 2.22. The van der Waals surface area contributed by atoms with Gasteiger partial charge in [-0.2, -0.15) is 0 Å². The predicted molar refractivity (Wildman–Crippen MR) is 80.0 cm³/mol. The number of nitrogens with two attached hydrogens (primary N) is 1. The number of furan rings is 1. The maximum Gasteiger partial charge on any atom is 0.268 e. The SMILES string of the molecule is Cc1oc(COc2cccc(C(C)C)c2)cc1C(=O)NN. The molecule has 5 heteroatoms. The minimum Gasteiger partial charge on any atom is -0.486 e. The molecule has 112 valence electrons. The van der Waals surface area contributed by atoms with Crippen molar-refractivity contribution in [2.24, 2.45) is 5.84 Å². The van der Waals surface area contributed by atoms with Gasteiger partial charge in [-0.3, -0.25) is 10.2 Å². The highest BCUT2D eigenvalue weighted by molar-refractivity contribution is 5.94. The number of nitrogens with one attached hydrogen (secondary N) is 1. The molecule has 0 radical (unpaired) electrons. The molecule has 0 saturated carbocycles. The van der Waals surface area contributed by atoms with Crippen molar-refractivity contribution >= 4 is 5.91 Å². The summed E-state index contributed by atoms with van der Waals surface area (Å²) in [6, 6.07) is 9.58. The van der Waals surface area contributed by atoms with Crippen molar-refractivity contribution in [1.29, 1.82) is 0 Å². The summed E-state index contributed by atoms with van der Waals surface area (Å²) in [6.07, 6.45) is 0. The summed E-state index contributed by atoms with van der Waals surface area (Å²) in [5.41, 5.74) is 3.73. The van der Waals surface area contributed by atoms with Gasteiger partial charge in [0.1, 0.15) is 23.9 Å². The van der Waals surface area contributed by atoms with E-state index in [1.54, 1.807) is 13.0 Å². The Morgan fingerprint density at radius 1 is 1.38 bits per heavy atom. The van der Waals surface area contributed by atoms with Gasteiger partial charge in [0.25, 0.3) is 5.91 Å². The lowest BCUT2D eigenvalue weighted by Crippen LogP contribution is -2.30. The van der Waals surface area contributed by atoms with E-state index >= 15 is 0 Å². The molecule has 0 fully saturated rings. The summed E-state index contributed by atoms with van der Waals surface area (Å²) < 4.78 is 11.2. The lowest BCUT2D eigenvalue weighted by molar-refractivity contribution is 0.0952. The smallest absolute Gasteiger partial charge is 0.268 e. The average molecular weight is 288 g/mol. The van der Waals surface area contributed by atoms with Crippen LogP contribution >= 0.6 is 0 Å². The fourth-order valence-corrected chi connectivity index (χ4v) is 2.04. The van der Waals surface area contributed by atoms with Crippen LogP contribution in [0.4, 0.5) is 0 Å². The van der Waals surface area contributed by atoms with Gasteiger partial charge in [0.2, 0.25) is 0 Å². The number of hydrogen-bond acceptors (Lipinski definition) is 4. The molecular weight excluding hydrogens is 268 g/mol. The Balaban J connectivity index is 2.06. The summed E-state index contributed by atoms with van der Waals surface area (Å²) in [6.45, 7) is 6.24. The van der Waals surface area contributed by atoms with Crippen LogP contribution in [0.2, 0.25) is 0 Å². The lowest BCUT2D eigenvalue weighted by Gasteiger charge is -2.08. The third-order valence-corrected chi connectivity index (χ3v) is 3.25. The van der Waals surface area contributed by atoms with Gasteiger partial charge in [-0.05, 0) is 36.6 Å². The maximum atomic E-state index is 11.5. The van der Waals surface area contributed by atoms with Crippen LogP contribution in [0.15, 0.2) is 34.7 Å². The summed E-state index contributed by atoms with van der Waals surface area (Å²) in [7, 11) is 0. The van der Waals surface area contributed by atoms with Crippen molar-refractivity contribution in [2.45, 2.75) is 33.3 Å². The first-order valence-electron chi connectivity index (χ1n) is 6.84. The van der Waals surface area contributed by atoms with E-state index in [2.05, 4.69) is 25.3 Å². The van der Waals surface area contributed by atoms with E-state index < -0.39 is 0 Å². The van der Waals surface area contributed by atoms with Crippen LogP contribution < -0.4 is 16.0 Å². The second kappa shape index (κ2) is 6.45. The van der Waals surface area contributed by atoms with E-state index in [4.69, 9.17) is 15.0 Å². The molecule has 0 aliphatic carbocycles. The van der Waals surface area contributed by atoms with Gasteiger partial charge in [0.15, 0.2) is 0 Å². The van der Waals surface area contributed by atoms with Gasteiger partial charge in [-0.15, -0.1) is 0 Å². The van der Waals surface area contributed by atoms with Gasteiger partial charge in [-0.25, -0.2) is 5.84 Å². The minimum atomic E-state index is -0.371. The molecule has 3 N–H and O–H groups in total. The standard InChI is InChI=1S/C16H20N2O3/c1-10(2)12-5-4-6-13(7-12)20-9-14-8-15(11(3)21-14)16(19)18-17/h4-8,10H,9,17H2,1-3H3,(H,18,19). The Morgan fingerprint density at radius 2 is 2.14 bits per heavy atom. The zero-order valence-electron chi connectivity index (χ0n) is 12.5. The zero-order chi connectivity index (χ0) is 15.4. The second-order valence-corrected chi connectivity index (χ2v) is 5.17. The van der Waals surface area contributed by atoms with Crippen LogP contribution in [0.5, 0.6) is 5.75 Å². The second-order valence-electron chi connectivity index (χ2n) is 5.17. The molecule has 21 heavy (non-hydrogen) atoms. The van der Waals surface area contributed by atoms with E-state index in [0.717, 1.165) is 5.75 Å². The summed E-state index contributed by atoms with van der Waals surface area (Å²) in [4.78, 5) is 11.5. The molecule has 2 aromatic rings. The molecule has 0 aliphatic rings. The summed E-state index contributed by atoms with van der Waals surface area (Å²) in [5, 5.41) is 0. The van der Waals surface area contributed by atoms with Crippen molar-refractivity contribution in [3.8, 4) is 5.75 Å². The topological polar surface area (TPSA) is 77.5 Å². The van der Waals surface area contributed by atoms with Crippen molar-refractivity contribution in [1.82, 2.24) is 5.43 Å². The molecule has 0 saturated heterocycles. The molecule has 1 aromatic carbocycles. The normalized spacial score (nSPS) is 10.7. The number of benzene rings is 1. The van der Waals surface area contributed by atoms with Crippen LogP contribution in [0.1, 0.15) is 47.2 Å². The molecule has 5 nitrogen and oxygen atoms in total. The third kappa shape index (κ3) is 3.64. The van der Waals surface area contributed by atoms with Gasteiger partial charge >= 0.3 is 0 Å². The number of ether oxygens (including phenoxy) is 1. The van der Waals surface area contributed by atoms with Gasteiger partial charge in [0, 0.05) is 0 Å². The number of nitrogen functional groups attached to an aromatic ring is 1. The van der Waals surface area contributed by atoms with Gasteiger partial charge in [-0.1, -0.05) is 26.0 Å². The van der Waals surface area contributed by atoms with E-state index in [0.29, 0.717) is 23.0 Å². The number of amides is 1. The summed E-state index contributed by atoms with van der Waals surface area (Å²) in [5.74, 6) is 7.08. The fourth-order valence-electron chi connectivity index (χ4n) is 2.04. The maximum absolute atomic E-state index is 11.5. The fraction of sp³-hybridized carbons (Fsp3) is 0.312. The number of rotatable bonds is 5. The van der Waals surface area contributed by atoms with Crippen molar-refractivity contribution < 1.29 is 13.9 Å². The Hall–Kier alpha value is -2.27. The number of hydrazine groups is 1. The Labute approximate surface area is 124 Å². The first-order chi connectivity index (χ1) is 10.0. The first kappa shape index (κ1) is 15.1.